The number of halogens is 1. The molecule has 1 fully saturated rings. The van der Waals surface area contributed by atoms with Crippen LogP contribution in [0.3, 0.4) is 0 Å². The van der Waals surface area contributed by atoms with Gasteiger partial charge in [0.2, 0.25) is 11.8 Å². The minimum Gasteiger partial charge on any atom is -0.352 e. The maximum absolute atomic E-state index is 12.8. The van der Waals surface area contributed by atoms with Crippen molar-refractivity contribution in [2.24, 2.45) is 11.8 Å². The zero-order valence-corrected chi connectivity index (χ0v) is 13.1. The molecule has 4 nitrogen and oxygen atoms in total. The number of nitrogens with zero attached hydrogens (tertiary/aromatic N) is 1. The number of rotatable bonds is 7. The molecule has 0 radical (unpaired) electrons. The molecule has 0 spiro atoms. The Hall–Kier alpha value is -1.91. The van der Waals surface area contributed by atoms with E-state index in [1.807, 2.05) is 0 Å². The number of hydrogen-bond acceptors (Lipinski definition) is 2. The predicted octanol–water partition coefficient (Wildman–Crippen LogP) is 2.34. The van der Waals surface area contributed by atoms with Crippen LogP contribution in [0.2, 0.25) is 0 Å². The number of benzene rings is 1. The van der Waals surface area contributed by atoms with Gasteiger partial charge in [0.25, 0.3) is 0 Å². The SMILES string of the molecule is CCCCN(C)C(=O)C1CC1C(=O)NCc1ccc(F)cc1. The normalized spacial score (nSPS) is 19.6. The number of hydrogen-bond donors (Lipinski definition) is 1. The second-order valence-corrected chi connectivity index (χ2v) is 5.91. The van der Waals surface area contributed by atoms with Crippen LogP contribution in [0.25, 0.3) is 0 Å². The first-order valence-corrected chi connectivity index (χ1v) is 7.80. The summed E-state index contributed by atoms with van der Waals surface area (Å²) in [5, 5.41) is 2.82. The summed E-state index contributed by atoms with van der Waals surface area (Å²) < 4.78 is 12.8. The first-order chi connectivity index (χ1) is 10.5. The summed E-state index contributed by atoms with van der Waals surface area (Å²) in [6.45, 7) is 3.19. The van der Waals surface area contributed by atoms with E-state index >= 15 is 0 Å². The molecule has 2 atom stereocenters. The number of carbonyl (C=O) groups is 2. The molecule has 1 aliphatic rings. The lowest BCUT2D eigenvalue weighted by molar-refractivity contribution is -0.133. The van der Waals surface area contributed by atoms with Gasteiger partial charge in [-0.3, -0.25) is 9.59 Å². The van der Waals surface area contributed by atoms with E-state index in [0.717, 1.165) is 24.9 Å². The summed E-state index contributed by atoms with van der Waals surface area (Å²) in [5.74, 6) is -0.702. The Morgan fingerprint density at radius 3 is 2.59 bits per heavy atom. The number of unbranched alkanes of at least 4 members (excludes halogenated alkanes) is 1. The second-order valence-electron chi connectivity index (χ2n) is 5.91. The van der Waals surface area contributed by atoms with Crippen molar-refractivity contribution in [3.8, 4) is 0 Å². The van der Waals surface area contributed by atoms with Crippen molar-refractivity contribution in [2.75, 3.05) is 13.6 Å². The van der Waals surface area contributed by atoms with Gasteiger partial charge in [-0.1, -0.05) is 25.5 Å². The van der Waals surface area contributed by atoms with Gasteiger partial charge in [0.1, 0.15) is 5.82 Å². The Morgan fingerprint density at radius 2 is 1.95 bits per heavy atom. The standard InChI is InChI=1S/C17H23FN2O2/c1-3-4-9-20(2)17(22)15-10-14(15)16(21)19-11-12-5-7-13(18)8-6-12/h5-8,14-15H,3-4,9-11H2,1-2H3,(H,19,21). The molecule has 0 aromatic heterocycles. The first kappa shape index (κ1) is 16.5. The van der Waals surface area contributed by atoms with E-state index in [-0.39, 0.29) is 29.5 Å². The summed E-state index contributed by atoms with van der Waals surface area (Å²) in [7, 11) is 1.80. The van der Waals surface area contributed by atoms with Gasteiger partial charge in [0.05, 0.1) is 11.8 Å². The predicted molar refractivity (Wildman–Crippen MR) is 82.4 cm³/mol. The average molecular weight is 306 g/mol. The van der Waals surface area contributed by atoms with E-state index in [2.05, 4.69) is 12.2 Å². The fourth-order valence-electron chi connectivity index (χ4n) is 2.47. The molecule has 0 aliphatic heterocycles. The fraction of sp³-hybridized carbons (Fsp3) is 0.529. The van der Waals surface area contributed by atoms with E-state index in [1.54, 1.807) is 24.1 Å². The maximum Gasteiger partial charge on any atom is 0.226 e. The third kappa shape index (κ3) is 4.29. The molecular formula is C17H23FN2O2. The molecule has 2 unspecified atom stereocenters. The molecule has 1 aromatic rings. The number of amides is 2. The van der Waals surface area contributed by atoms with Crippen LogP contribution in [0.15, 0.2) is 24.3 Å². The van der Waals surface area contributed by atoms with Crippen molar-refractivity contribution in [3.05, 3.63) is 35.6 Å². The highest BCUT2D eigenvalue weighted by atomic mass is 19.1. The second kappa shape index (κ2) is 7.38. The monoisotopic (exact) mass is 306 g/mol. The third-order valence-corrected chi connectivity index (χ3v) is 4.05. The quantitative estimate of drug-likeness (QED) is 0.840. The summed E-state index contributed by atoms with van der Waals surface area (Å²) in [5.41, 5.74) is 0.846. The molecule has 5 heteroatoms. The van der Waals surface area contributed by atoms with Crippen LogP contribution < -0.4 is 5.32 Å². The highest BCUT2D eigenvalue weighted by molar-refractivity contribution is 5.92. The molecule has 1 N–H and O–H groups in total. The molecule has 2 amide bonds. The van der Waals surface area contributed by atoms with Gasteiger partial charge in [-0.25, -0.2) is 4.39 Å². The van der Waals surface area contributed by atoms with Crippen molar-refractivity contribution in [1.82, 2.24) is 10.2 Å². The van der Waals surface area contributed by atoms with Gasteiger partial charge in [-0.2, -0.15) is 0 Å². The average Bonchev–Trinajstić information content (AvgIpc) is 3.31. The molecule has 0 heterocycles. The number of carbonyl (C=O) groups excluding carboxylic acids is 2. The summed E-state index contributed by atoms with van der Waals surface area (Å²) in [6.07, 6.45) is 2.66. The van der Waals surface area contributed by atoms with Crippen LogP contribution in [-0.2, 0) is 16.1 Å². The highest BCUT2D eigenvalue weighted by Gasteiger charge is 2.48. The minimum absolute atomic E-state index is 0.0652. The van der Waals surface area contributed by atoms with Gasteiger partial charge < -0.3 is 10.2 Å². The topological polar surface area (TPSA) is 49.4 Å². The van der Waals surface area contributed by atoms with E-state index in [0.29, 0.717) is 13.0 Å². The van der Waals surface area contributed by atoms with Gasteiger partial charge in [-0.05, 0) is 30.5 Å². The Morgan fingerprint density at radius 1 is 1.27 bits per heavy atom. The van der Waals surface area contributed by atoms with Crippen LogP contribution in [0, 0.1) is 17.7 Å². The van der Waals surface area contributed by atoms with Gasteiger partial charge in [0.15, 0.2) is 0 Å². The zero-order valence-electron chi connectivity index (χ0n) is 13.1. The lowest BCUT2D eigenvalue weighted by Gasteiger charge is -2.16. The largest absolute Gasteiger partial charge is 0.352 e. The fourth-order valence-corrected chi connectivity index (χ4v) is 2.47. The molecule has 0 saturated heterocycles. The van der Waals surface area contributed by atoms with Crippen LogP contribution >= 0.6 is 0 Å². The smallest absolute Gasteiger partial charge is 0.226 e. The maximum atomic E-state index is 12.8. The van der Waals surface area contributed by atoms with E-state index in [4.69, 9.17) is 0 Å². The molecule has 1 aliphatic carbocycles. The van der Waals surface area contributed by atoms with E-state index in [1.165, 1.54) is 12.1 Å². The van der Waals surface area contributed by atoms with Crippen LogP contribution in [-0.4, -0.2) is 30.3 Å². The molecule has 0 bridgehead atoms. The molecule has 2 rings (SSSR count). The molecule has 22 heavy (non-hydrogen) atoms. The zero-order chi connectivity index (χ0) is 16.1. The van der Waals surface area contributed by atoms with E-state index < -0.39 is 0 Å². The van der Waals surface area contributed by atoms with Gasteiger partial charge in [0, 0.05) is 20.1 Å². The van der Waals surface area contributed by atoms with Crippen LogP contribution in [0.5, 0.6) is 0 Å². The van der Waals surface area contributed by atoms with Crippen molar-refractivity contribution in [1.29, 1.82) is 0 Å². The van der Waals surface area contributed by atoms with Gasteiger partial charge in [-0.15, -0.1) is 0 Å². The Balaban J connectivity index is 1.75. The Bertz CT molecular complexity index is 530. The summed E-state index contributed by atoms with van der Waals surface area (Å²) >= 11 is 0. The van der Waals surface area contributed by atoms with Crippen LogP contribution in [0.4, 0.5) is 4.39 Å². The molecular weight excluding hydrogens is 283 g/mol. The summed E-state index contributed by atoms with van der Waals surface area (Å²) in [6, 6.07) is 6.02. The van der Waals surface area contributed by atoms with Crippen molar-refractivity contribution in [3.63, 3.8) is 0 Å². The minimum atomic E-state index is -0.293. The van der Waals surface area contributed by atoms with Crippen molar-refractivity contribution < 1.29 is 14.0 Å². The van der Waals surface area contributed by atoms with Gasteiger partial charge >= 0.3 is 0 Å². The lowest BCUT2D eigenvalue weighted by atomic mass is 10.2. The number of nitrogens with one attached hydrogen (secondary N) is 1. The van der Waals surface area contributed by atoms with Crippen LogP contribution in [0.1, 0.15) is 31.7 Å². The molecule has 120 valence electrons. The van der Waals surface area contributed by atoms with Crippen molar-refractivity contribution in [2.45, 2.75) is 32.7 Å². The highest BCUT2D eigenvalue weighted by Crippen LogP contribution is 2.40. The third-order valence-electron chi connectivity index (χ3n) is 4.05. The summed E-state index contributed by atoms with van der Waals surface area (Å²) in [4.78, 5) is 25.9. The molecule has 1 aromatic carbocycles. The Kier molecular flexibility index (Phi) is 5.52. The van der Waals surface area contributed by atoms with E-state index in [9.17, 15) is 14.0 Å². The lowest BCUT2D eigenvalue weighted by Crippen LogP contribution is -2.32. The molecule has 1 saturated carbocycles. The Labute approximate surface area is 130 Å². The first-order valence-electron chi connectivity index (χ1n) is 7.80. The van der Waals surface area contributed by atoms with Crippen molar-refractivity contribution >= 4 is 11.8 Å².